The molecular weight excluding hydrogens is 596 g/mol. The monoisotopic (exact) mass is 654 g/mol. The molecule has 264 valence electrons. The quantitative estimate of drug-likeness (QED) is 0.154. The van der Waals surface area contributed by atoms with Gasteiger partial charge in [-0.3, -0.25) is 4.79 Å². The first-order chi connectivity index (χ1) is 21.7. The lowest BCUT2D eigenvalue weighted by Crippen LogP contribution is -2.43. The number of aliphatic hydroxyl groups excluding tert-OH is 9. The number of unbranched alkanes of at least 4 members (excludes halogenated alkanes) is 2. The first-order valence-electron chi connectivity index (χ1n) is 16.4. The summed E-state index contributed by atoms with van der Waals surface area (Å²) in [5, 5.41) is 94.8. The lowest BCUT2D eigenvalue weighted by molar-refractivity contribution is -0.168. The van der Waals surface area contributed by atoms with Gasteiger partial charge in [-0.15, -0.1) is 0 Å². The fraction of sp³-hybridized carbons (Fsp3) is 0.686. The van der Waals surface area contributed by atoms with E-state index in [0.717, 1.165) is 12.8 Å². The number of carbonyl (C=O) groups is 1. The maximum Gasteiger partial charge on any atom is 0.314 e. The summed E-state index contributed by atoms with van der Waals surface area (Å²) < 4.78 is 5.42. The van der Waals surface area contributed by atoms with E-state index in [1.807, 2.05) is 6.92 Å². The van der Waals surface area contributed by atoms with Crippen LogP contribution in [0.25, 0.3) is 0 Å². The maximum atomic E-state index is 13.1. The van der Waals surface area contributed by atoms with Crippen LogP contribution in [0.15, 0.2) is 60.3 Å². The van der Waals surface area contributed by atoms with Gasteiger partial charge in [-0.05, 0) is 51.5 Å². The van der Waals surface area contributed by atoms with Gasteiger partial charge in [0, 0.05) is 12.8 Å². The van der Waals surface area contributed by atoms with Crippen molar-refractivity contribution in [2.45, 2.75) is 146 Å². The van der Waals surface area contributed by atoms with Gasteiger partial charge in [0.15, 0.2) is 0 Å². The molecule has 0 saturated carbocycles. The van der Waals surface area contributed by atoms with E-state index >= 15 is 0 Å². The normalized spacial score (nSPS) is 34.7. The molecule has 0 aromatic carbocycles. The van der Waals surface area contributed by atoms with E-state index in [1.165, 1.54) is 13.0 Å². The highest BCUT2D eigenvalue weighted by Gasteiger charge is 2.37. The molecule has 1 aliphatic rings. The Morgan fingerprint density at radius 2 is 1.20 bits per heavy atom. The molecule has 1 rings (SSSR count). The Kier molecular flexibility index (Phi) is 21.1. The standard InChI is InChI=1S/C35H58O11/c1-4-5-11-16-31(42)34-33(44)22-29(40)20-27(38)18-25(36)17-26(37)19-28(39)21-32(43)23(2)14-12-9-7-6-8-10-13-15-30(41)24(3)46-35(34)45/h6-10,12-15,24-34,36-44H,4-5,11,16-22H2,1-3H3/t24?,25?,26?,27?,28?,29?,30?,31-,32?,33?,34?/m1/s1. The number of allylic oxidation sites excluding steroid dienone is 8. The highest BCUT2D eigenvalue weighted by Crippen LogP contribution is 2.24. The van der Waals surface area contributed by atoms with Crippen LogP contribution in [-0.2, 0) is 9.53 Å². The number of carbonyl (C=O) groups excluding carboxylic acids is 1. The van der Waals surface area contributed by atoms with E-state index in [-0.39, 0.29) is 44.9 Å². The average molecular weight is 655 g/mol. The van der Waals surface area contributed by atoms with Crippen LogP contribution in [0.3, 0.4) is 0 Å². The van der Waals surface area contributed by atoms with E-state index < -0.39 is 72.9 Å². The second-order valence-corrected chi connectivity index (χ2v) is 12.4. The number of ether oxygens (including phenoxy) is 1. The molecule has 11 heteroatoms. The summed E-state index contributed by atoms with van der Waals surface area (Å²) in [7, 11) is 0. The van der Waals surface area contributed by atoms with Gasteiger partial charge in [-0.2, -0.15) is 0 Å². The van der Waals surface area contributed by atoms with Gasteiger partial charge < -0.3 is 50.7 Å². The van der Waals surface area contributed by atoms with E-state index in [2.05, 4.69) is 0 Å². The van der Waals surface area contributed by atoms with Gasteiger partial charge in [0.25, 0.3) is 0 Å². The fourth-order valence-corrected chi connectivity index (χ4v) is 5.27. The van der Waals surface area contributed by atoms with Crippen LogP contribution in [0, 0.1) is 5.92 Å². The van der Waals surface area contributed by atoms with Crippen molar-refractivity contribution < 1.29 is 55.5 Å². The predicted molar refractivity (Wildman–Crippen MR) is 175 cm³/mol. The van der Waals surface area contributed by atoms with Crippen molar-refractivity contribution in [1.29, 1.82) is 0 Å². The van der Waals surface area contributed by atoms with Crippen LogP contribution < -0.4 is 0 Å². The van der Waals surface area contributed by atoms with Gasteiger partial charge in [-0.1, -0.05) is 80.9 Å². The Labute approximate surface area is 273 Å². The second kappa shape index (κ2) is 23.2. The molecule has 11 nitrogen and oxygen atoms in total. The van der Waals surface area contributed by atoms with Crippen molar-refractivity contribution in [3.05, 3.63) is 60.3 Å². The number of hydrogen-bond donors (Lipinski definition) is 9. The number of esters is 1. The molecular formula is C35H58O11. The Bertz CT molecular complexity index is 991. The smallest absolute Gasteiger partial charge is 0.314 e. The molecule has 1 heterocycles. The molecule has 0 aromatic heterocycles. The van der Waals surface area contributed by atoms with Crippen LogP contribution in [0.2, 0.25) is 0 Å². The van der Waals surface area contributed by atoms with Crippen molar-refractivity contribution >= 4 is 5.97 Å². The molecule has 0 saturated heterocycles. The molecule has 1 aliphatic heterocycles. The minimum Gasteiger partial charge on any atom is -0.459 e. The summed E-state index contributed by atoms with van der Waals surface area (Å²) in [6.07, 6.45) is 4.69. The Balaban J connectivity index is 3.14. The second-order valence-electron chi connectivity index (χ2n) is 12.4. The number of aliphatic hydroxyl groups is 9. The van der Waals surface area contributed by atoms with Crippen molar-refractivity contribution in [3.63, 3.8) is 0 Å². The summed E-state index contributed by atoms with van der Waals surface area (Å²) in [4.78, 5) is 13.1. The Morgan fingerprint density at radius 1 is 0.717 bits per heavy atom. The molecule has 0 radical (unpaired) electrons. The molecule has 46 heavy (non-hydrogen) atoms. The van der Waals surface area contributed by atoms with Gasteiger partial charge in [-0.25, -0.2) is 0 Å². The third-order valence-corrected chi connectivity index (χ3v) is 8.03. The van der Waals surface area contributed by atoms with Gasteiger partial charge in [0.05, 0.1) is 48.8 Å². The third-order valence-electron chi connectivity index (χ3n) is 8.03. The van der Waals surface area contributed by atoms with Crippen LogP contribution in [0.1, 0.15) is 85.0 Å². The van der Waals surface area contributed by atoms with E-state index in [1.54, 1.807) is 55.5 Å². The van der Waals surface area contributed by atoms with Crippen molar-refractivity contribution in [1.82, 2.24) is 0 Å². The zero-order valence-corrected chi connectivity index (χ0v) is 27.5. The summed E-state index contributed by atoms with van der Waals surface area (Å²) in [5.41, 5.74) is 0.609. The van der Waals surface area contributed by atoms with Crippen LogP contribution >= 0.6 is 0 Å². The van der Waals surface area contributed by atoms with Crippen molar-refractivity contribution in [3.8, 4) is 0 Å². The van der Waals surface area contributed by atoms with Crippen LogP contribution in [-0.4, -0.2) is 113 Å². The van der Waals surface area contributed by atoms with Gasteiger partial charge in [0.2, 0.25) is 0 Å². The molecule has 0 fully saturated rings. The van der Waals surface area contributed by atoms with Crippen LogP contribution in [0.5, 0.6) is 0 Å². The summed E-state index contributed by atoms with van der Waals surface area (Å²) in [6.45, 7) is 5.18. The number of hydrogen-bond acceptors (Lipinski definition) is 11. The zero-order chi connectivity index (χ0) is 34.6. The summed E-state index contributed by atoms with van der Waals surface area (Å²) in [6, 6.07) is 0. The Morgan fingerprint density at radius 3 is 1.74 bits per heavy atom. The van der Waals surface area contributed by atoms with Gasteiger partial charge >= 0.3 is 5.97 Å². The van der Waals surface area contributed by atoms with Gasteiger partial charge in [0.1, 0.15) is 18.1 Å². The first kappa shape index (κ1) is 41.8. The lowest BCUT2D eigenvalue weighted by atomic mass is 9.87. The fourth-order valence-electron chi connectivity index (χ4n) is 5.27. The molecule has 10 unspecified atom stereocenters. The minimum absolute atomic E-state index is 0.0162. The highest BCUT2D eigenvalue weighted by atomic mass is 16.6. The molecule has 0 aliphatic carbocycles. The zero-order valence-electron chi connectivity index (χ0n) is 27.5. The van der Waals surface area contributed by atoms with Crippen LogP contribution in [0.4, 0.5) is 0 Å². The molecule has 11 atom stereocenters. The number of rotatable bonds is 5. The largest absolute Gasteiger partial charge is 0.459 e. The van der Waals surface area contributed by atoms with E-state index in [0.29, 0.717) is 12.0 Å². The Hall–Kier alpha value is -2.19. The van der Waals surface area contributed by atoms with Crippen molar-refractivity contribution in [2.24, 2.45) is 5.92 Å². The lowest BCUT2D eigenvalue weighted by Gasteiger charge is -2.29. The molecule has 0 spiro atoms. The molecule has 0 bridgehead atoms. The first-order valence-corrected chi connectivity index (χ1v) is 16.4. The summed E-state index contributed by atoms with van der Waals surface area (Å²) >= 11 is 0. The maximum absolute atomic E-state index is 13.1. The topological polar surface area (TPSA) is 208 Å². The minimum atomic E-state index is -1.52. The molecule has 0 aromatic rings. The van der Waals surface area contributed by atoms with E-state index in [4.69, 9.17) is 4.74 Å². The molecule has 0 amide bonds. The third kappa shape index (κ3) is 17.7. The van der Waals surface area contributed by atoms with E-state index in [9.17, 15) is 50.8 Å². The summed E-state index contributed by atoms with van der Waals surface area (Å²) in [5.74, 6) is -2.33. The predicted octanol–water partition coefficient (Wildman–Crippen LogP) is 1.89. The van der Waals surface area contributed by atoms with Crippen molar-refractivity contribution in [2.75, 3.05) is 0 Å². The number of cyclic esters (lactones) is 1. The highest BCUT2D eigenvalue weighted by molar-refractivity contribution is 5.74. The SMILES string of the molecule is CCCCC[C@@H](O)C1C(=O)OC(C)C(O)C=CC=CC=CC=CC=C(C)C(O)CC(O)CC(O)CC(O)CC(O)CC(O)CC1O. The molecule has 9 N–H and O–H groups in total. The average Bonchev–Trinajstić information content (AvgIpc) is 2.94.